The van der Waals surface area contributed by atoms with Crippen molar-refractivity contribution in [3.63, 3.8) is 0 Å². The summed E-state index contributed by atoms with van der Waals surface area (Å²) >= 11 is 0. The maximum atomic E-state index is 12.4. The van der Waals surface area contributed by atoms with Crippen LogP contribution in [0.15, 0.2) is 48.5 Å². The van der Waals surface area contributed by atoms with E-state index in [1.807, 2.05) is 48.5 Å². The summed E-state index contributed by atoms with van der Waals surface area (Å²) in [5.41, 5.74) is 1.62. The SMILES string of the molecule is C[Si](C)(C)Oc1ccccc1C1CC(=O)c2ccccc2O1. The van der Waals surface area contributed by atoms with E-state index in [1.54, 1.807) is 0 Å². The van der Waals surface area contributed by atoms with Gasteiger partial charge in [-0.1, -0.05) is 30.3 Å². The molecule has 114 valence electrons. The van der Waals surface area contributed by atoms with Crippen molar-refractivity contribution in [2.75, 3.05) is 0 Å². The Kier molecular flexibility index (Phi) is 3.79. The lowest BCUT2D eigenvalue weighted by molar-refractivity contribution is 0.0848. The maximum absolute atomic E-state index is 12.4. The van der Waals surface area contributed by atoms with E-state index in [2.05, 4.69) is 19.6 Å². The van der Waals surface area contributed by atoms with Gasteiger partial charge in [-0.25, -0.2) is 0 Å². The number of ketones is 1. The van der Waals surface area contributed by atoms with Crippen LogP contribution in [0, 0.1) is 0 Å². The third kappa shape index (κ3) is 3.07. The zero-order valence-electron chi connectivity index (χ0n) is 13.1. The topological polar surface area (TPSA) is 35.5 Å². The van der Waals surface area contributed by atoms with Crippen LogP contribution in [-0.4, -0.2) is 14.1 Å². The molecule has 0 bridgehead atoms. The highest BCUT2D eigenvalue weighted by Crippen LogP contribution is 2.38. The van der Waals surface area contributed by atoms with E-state index in [0.29, 0.717) is 17.7 Å². The molecule has 3 nitrogen and oxygen atoms in total. The Labute approximate surface area is 132 Å². The van der Waals surface area contributed by atoms with E-state index in [1.165, 1.54) is 0 Å². The van der Waals surface area contributed by atoms with Gasteiger partial charge in [-0.3, -0.25) is 4.79 Å². The Hall–Kier alpha value is -2.07. The molecule has 0 aromatic heterocycles. The molecule has 2 aromatic rings. The Morgan fingerprint density at radius 3 is 2.50 bits per heavy atom. The number of ether oxygens (including phenoxy) is 1. The van der Waals surface area contributed by atoms with Gasteiger partial charge in [-0.2, -0.15) is 0 Å². The molecular weight excluding hydrogens is 292 g/mol. The molecule has 1 atom stereocenters. The van der Waals surface area contributed by atoms with E-state index in [-0.39, 0.29) is 11.9 Å². The molecule has 1 heterocycles. The maximum Gasteiger partial charge on any atom is 0.242 e. The summed E-state index contributed by atoms with van der Waals surface area (Å²) < 4.78 is 12.2. The van der Waals surface area contributed by atoms with Crippen molar-refractivity contribution in [3.05, 3.63) is 59.7 Å². The van der Waals surface area contributed by atoms with Gasteiger partial charge < -0.3 is 9.16 Å². The Morgan fingerprint density at radius 2 is 1.73 bits per heavy atom. The molecule has 0 saturated heterocycles. The number of carbonyl (C=O) groups excluding carboxylic acids is 1. The normalized spacial score (nSPS) is 17.6. The van der Waals surface area contributed by atoms with Crippen LogP contribution >= 0.6 is 0 Å². The minimum Gasteiger partial charge on any atom is -0.544 e. The summed E-state index contributed by atoms with van der Waals surface area (Å²) in [6, 6.07) is 15.3. The average molecular weight is 312 g/mol. The van der Waals surface area contributed by atoms with E-state index < -0.39 is 8.32 Å². The van der Waals surface area contributed by atoms with Crippen molar-refractivity contribution in [2.45, 2.75) is 32.2 Å². The second-order valence-corrected chi connectivity index (χ2v) is 10.9. The fourth-order valence-electron chi connectivity index (χ4n) is 2.62. The van der Waals surface area contributed by atoms with Gasteiger partial charge in [0.1, 0.15) is 17.6 Å². The highest BCUT2D eigenvalue weighted by Gasteiger charge is 2.30. The van der Waals surface area contributed by atoms with E-state index >= 15 is 0 Å². The Morgan fingerprint density at radius 1 is 1.05 bits per heavy atom. The molecule has 1 aliphatic rings. The summed E-state index contributed by atoms with van der Waals surface area (Å²) in [6.07, 6.45) is 0.0678. The average Bonchev–Trinajstić information content (AvgIpc) is 2.46. The van der Waals surface area contributed by atoms with Crippen molar-refractivity contribution in [2.24, 2.45) is 0 Å². The van der Waals surface area contributed by atoms with Gasteiger partial charge in [0, 0.05) is 5.56 Å². The molecule has 0 aliphatic carbocycles. The minimum absolute atomic E-state index is 0.120. The molecule has 0 saturated carbocycles. The second-order valence-electron chi connectivity index (χ2n) is 6.48. The van der Waals surface area contributed by atoms with Crippen molar-refractivity contribution in [3.8, 4) is 11.5 Å². The van der Waals surface area contributed by atoms with Gasteiger partial charge in [0.25, 0.3) is 0 Å². The molecule has 2 aromatic carbocycles. The third-order valence-electron chi connectivity index (χ3n) is 3.51. The van der Waals surface area contributed by atoms with Crippen LogP contribution in [0.4, 0.5) is 0 Å². The first kappa shape index (κ1) is 14.8. The Balaban J connectivity index is 1.95. The summed E-state index contributed by atoms with van der Waals surface area (Å²) in [6.45, 7) is 6.43. The second kappa shape index (κ2) is 5.61. The van der Waals surface area contributed by atoms with Crippen LogP contribution in [0.25, 0.3) is 0 Å². The van der Waals surface area contributed by atoms with Crippen LogP contribution in [0.3, 0.4) is 0 Å². The van der Waals surface area contributed by atoms with Crippen LogP contribution in [0.2, 0.25) is 19.6 Å². The number of carbonyl (C=O) groups is 1. The molecule has 0 spiro atoms. The van der Waals surface area contributed by atoms with E-state index in [0.717, 1.165) is 11.3 Å². The molecule has 22 heavy (non-hydrogen) atoms. The first-order valence-electron chi connectivity index (χ1n) is 7.51. The van der Waals surface area contributed by atoms with Crippen molar-refractivity contribution in [1.29, 1.82) is 0 Å². The number of Topliss-reactive ketones (excluding diaryl/α,β-unsaturated/α-hetero) is 1. The van der Waals surface area contributed by atoms with Crippen LogP contribution in [0.5, 0.6) is 11.5 Å². The predicted octanol–water partition coefficient (Wildman–Crippen LogP) is 4.61. The fourth-order valence-corrected chi connectivity index (χ4v) is 3.46. The highest BCUT2D eigenvalue weighted by molar-refractivity contribution is 6.70. The highest BCUT2D eigenvalue weighted by atomic mass is 28.4. The molecule has 4 heteroatoms. The molecule has 1 aliphatic heterocycles. The number of hydrogen-bond donors (Lipinski definition) is 0. The summed E-state index contributed by atoms with van der Waals surface area (Å²) in [5.74, 6) is 1.61. The number of para-hydroxylation sites is 2. The lowest BCUT2D eigenvalue weighted by Gasteiger charge is -2.28. The van der Waals surface area contributed by atoms with E-state index in [4.69, 9.17) is 9.16 Å². The molecule has 0 N–H and O–H groups in total. The van der Waals surface area contributed by atoms with Crippen LogP contribution < -0.4 is 9.16 Å². The number of rotatable bonds is 3. The molecule has 0 amide bonds. The van der Waals surface area contributed by atoms with Crippen molar-refractivity contribution >= 4 is 14.1 Å². The molecule has 0 radical (unpaired) electrons. The molecule has 0 fully saturated rings. The molecule has 1 unspecified atom stereocenters. The summed E-state index contributed by atoms with van der Waals surface area (Å²) in [5, 5.41) is 0. The van der Waals surface area contributed by atoms with Gasteiger partial charge in [-0.15, -0.1) is 0 Å². The summed E-state index contributed by atoms with van der Waals surface area (Å²) in [7, 11) is -1.72. The van der Waals surface area contributed by atoms with Crippen LogP contribution in [0.1, 0.15) is 28.4 Å². The number of hydrogen-bond acceptors (Lipinski definition) is 3. The Bertz CT molecular complexity index is 703. The summed E-state index contributed by atoms with van der Waals surface area (Å²) in [4.78, 5) is 12.4. The van der Waals surface area contributed by atoms with Gasteiger partial charge >= 0.3 is 0 Å². The van der Waals surface area contributed by atoms with Gasteiger partial charge in [0.2, 0.25) is 8.32 Å². The van der Waals surface area contributed by atoms with Crippen LogP contribution in [-0.2, 0) is 0 Å². The standard InChI is InChI=1S/C18H20O3Si/c1-22(2,3)21-17-11-7-5-9-14(17)18-12-15(19)13-8-4-6-10-16(13)20-18/h4-11,18H,12H2,1-3H3. The van der Waals surface area contributed by atoms with Gasteiger partial charge in [-0.05, 0) is 37.8 Å². The van der Waals surface area contributed by atoms with Crippen molar-refractivity contribution in [1.82, 2.24) is 0 Å². The zero-order chi connectivity index (χ0) is 15.7. The monoisotopic (exact) mass is 312 g/mol. The first-order valence-corrected chi connectivity index (χ1v) is 10.9. The number of benzene rings is 2. The quantitative estimate of drug-likeness (QED) is 0.777. The van der Waals surface area contributed by atoms with Gasteiger partial charge in [0.15, 0.2) is 5.78 Å². The smallest absolute Gasteiger partial charge is 0.242 e. The fraction of sp³-hybridized carbons (Fsp3) is 0.278. The largest absolute Gasteiger partial charge is 0.544 e. The van der Waals surface area contributed by atoms with Gasteiger partial charge in [0.05, 0.1) is 12.0 Å². The predicted molar refractivity (Wildman–Crippen MR) is 89.2 cm³/mol. The van der Waals surface area contributed by atoms with E-state index in [9.17, 15) is 4.79 Å². The molecular formula is C18H20O3Si. The zero-order valence-corrected chi connectivity index (χ0v) is 14.1. The number of fused-ring (bicyclic) bond motifs is 1. The lowest BCUT2D eigenvalue weighted by atomic mass is 9.96. The molecule has 3 rings (SSSR count). The lowest BCUT2D eigenvalue weighted by Crippen LogP contribution is -2.30. The third-order valence-corrected chi connectivity index (χ3v) is 4.34. The first-order chi connectivity index (χ1) is 10.4. The van der Waals surface area contributed by atoms with Crippen molar-refractivity contribution < 1.29 is 14.0 Å². The minimum atomic E-state index is -1.72.